The summed E-state index contributed by atoms with van der Waals surface area (Å²) in [4.78, 5) is 4.36. The summed E-state index contributed by atoms with van der Waals surface area (Å²) >= 11 is 0. The van der Waals surface area contributed by atoms with Gasteiger partial charge < -0.3 is 5.73 Å². The molecule has 0 radical (unpaired) electrons. The molecule has 30 heavy (non-hydrogen) atoms. The minimum atomic E-state index is -2.44. The molecule has 4 heteroatoms. The van der Waals surface area contributed by atoms with Gasteiger partial charge in [-0.1, -0.05) is 32.9 Å². The molecule has 1 aromatic heterocycles. The molecule has 0 amide bonds. The van der Waals surface area contributed by atoms with Gasteiger partial charge in [-0.25, -0.2) is 8.78 Å². The van der Waals surface area contributed by atoms with Gasteiger partial charge in [0.2, 0.25) is 5.92 Å². The van der Waals surface area contributed by atoms with E-state index >= 15 is 0 Å². The van der Waals surface area contributed by atoms with Gasteiger partial charge in [-0.2, -0.15) is 0 Å². The van der Waals surface area contributed by atoms with Gasteiger partial charge in [0.15, 0.2) is 0 Å². The number of aromatic nitrogens is 1. The number of rotatable bonds is 1. The molecular formula is C26H38F2N2. The maximum atomic E-state index is 14.2. The molecule has 4 aliphatic carbocycles. The average Bonchev–Trinajstić information content (AvgIpc) is 3.09. The van der Waals surface area contributed by atoms with Crippen molar-refractivity contribution in [2.45, 2.75) is 78.1 Å². The van der Waals surface area contributed by atoms with Crippen LogP contribution < -0.4 is 5.73 Å². The molecule has 5 rings (SSSR count). The number of nitrogens with zero attached hydrogens (tertiary/aromatic N) is 1. The number of alkyl halides is 2. The van der Waals surface area contributed by atoms with E-state index in [1.165, 1.54) is 31.0 Å². The van der Waals surface area contributed by atoms with Crippen molar-refractivity contribution in [3.05, 3.63) is 36.2 Å². The number of fused-ring (bicyclic) bond motifs is 5. The smallest absolute Gasteiger partial charge is 0.248 e. The van der Waals surface area contributed by atoms with E-state index in [1.54, 1.807) is 0 Å². The van der Waals surface area contributed by atoms with Crippen LogP contribution in [0, 0.1) is 34.0 Å². The monoisotopic (exact) mass is 416 g/mol. The van der Waals surface area contributed by atoms with E-state index in [2.05, 4.69) is 43.6 Å². The maximum absolute atomic E-state index is 14.2. The van der Waals surface area contributed by atoms with Crippen LogP contribution in [0.15, 0.2) is 30.6 Å². The van der Waals surface area contributed by atoms with Crippen LogP contribution >= 0.6 is 0 Å². The highest BCUT2D eigenvalue weighted by molar-refractivity contribution is 5.72. The molecule has 2 N–H and O–H groups in total. The fourth-order valence-corrected chi connectivity index (χ4v) is 8.37. The second-order valence-corrected chi connectivity index (χ2v) is 11.0. The molecule has 0 spiro atoms. The Bertz CT molecular complexity index is 807. The second-order valence-electron chi connectivity index (χ2n) is 11.0. The van der Waals surface area contributed by atoms with Crippen molar-refractivity contribution in [1.82, 2.24) is 4.98 Å². The first-order chi connectivity index (χ1) is 14.2. The molecule has 1 aromatic rings. The van der Waals surface area contributed by atoms with E-state index in [0.29, 0.717) is 18.3 Å². The first kappa shape index (κ1) is 21.9. The van der Waals surface area contributed by atoms with Crippen LogP contribution in [0.25, 0.3) is 5.57 Å². The van der Waals surface area contributed by atoms with E-state index in [1.807, 2.05) is 18.5 Å². The second kappa shape index (κ2) is 7.39. The van der Waals surface area contributed by atoms with Crippen molar-refractivity contribution in [1.29, 1.82) is 0 Å². The summed E-state index contributed by atoms with van der Waals surface area (Å²) in [6.07, 6.45) is 12.8. The summed E-state index contributed by atoms with van der Waals surface area (Å²) in [6.45, 7) is 7.34. The Hall–Kier alpha value is -1.29. The fraction of sp³-hybridized carbons (Fsp3) is 0.731. The zero-order chi connectivity index (χ0) is 21.8. The number of hydrogen-bond donors (Lipinski definition) is 1. The van der Waals surface area contributed by atoms with Crippen LogP contribution in [0.4, 0.5) is 8.78 Å². The number of pyridine rings is 1. The Morgan fingerprint density at radius 2 is 1.73 bits per heavy atom. The first-order valence-electron chi connectivity index (χ1n) is 11.8. The zero-order valence-electron chi connectivity index (χ0n) is 19.1. The van der Waals surface area contributed by atoms with E-state index < -0.39 is 5.92 Å². The molecular weight excluding hydrogens is 378 g/mol. The van der Waals surface area contributed by atoms with E-state index in [-0.39, 0.29) is 35.0 Å². The lowest BCUT2D eigenvalue weighted by atomic mass is 9.39. The van der Waals surface area contributed by atoms with E-state index in [0.717, 1.165) is 19.3 Å². The van der Waals surface area contributed by atoms with Crippen molar-refractivity contribution in [3.63, 3.8) is 0 Å². The lowest BCUT2D eigenvalue weighted by Crippen LogP contribution is -2.59. The standard InChI is InChI=1S/C25H33F2N.CH5N/c1-22-12-13-25(26,27)15-18(22)8-10-24(3)20-7-6-19(17-5-4-14-28-16-17)23(20,2)11-9-21(22)24;1-2/h4-6,14,16,18,20-21H,7-13,15H2,1-3H3;2H2,1H3/t18?,20-,21-,22+,23-,24?;/m1./s1. The maximum Gasteiger partial charge on any atom is 0.248 e. The Kier molecular flexibility index (Phi) is 5.40. The summed E-state index contributed by atoms with van der Waals surface area (Å²) in [5.41, 5.74) is 7.79. The molecule has 0 bridgehead atoms. The molecule has 3 saturated carbocycles. The molecule has 3 fully saturated rings. The molecule has 0 aliphatic heterocycles. The Morgan fingerprint density at radius 1 is 0.967 bits per heavy atom. The summed E-state index contributed by atoms with van der Waals surface area (Å²) in [7, 11) is 1.50. The van der Waals surface area contributed by atoms with E-state index in [9.17, 15) is 8.78 Å². The molecule has 6 atom stereocenters. The van der Waals surface area contributed by atoms with Gasteiger partial charge in [-0.15, -0.1) is 0 Å². The minimum Gasteiger partial charge on any atom is -0.333 e. The van der Waals surface area contributed by atoms with Crippen LogP contribution in [0.1, 0.15) is 77.7 Å². The van der Waals surface area contributed by atoms with Crippen LogP contribution in [-0.4, -0.2) is 18.0 Å². The van der Waals surface area contributed by atoms with Gasteiger partial charge >= 0.3 is 0 Å². The normalized spacial score (nSPS) is 44.0. The zero-order valence-corrected chi connectivity index (χ0v) is 19.1. The third-order valence-corrected chi connectivity index (χ3v) is 9.79. The van der Waals surface area contributed by atoms with Crippen LogP contribution in [0.2, 0.25) is 0 Å². The van der Waals surface area contributed by atoms with Gasteiger partial charge in [0.25, 0.3) is 0 Å². The Morgan fingerprint density at radius 3 is 2.43 bits per heavy atom. The lowest BCUT2D eigenvalue weighted by molar-refractivity contribution is -0.189. The predicted octanol–water partition coefficient (Wildman–Crippen LogP) is 6.72. The van der Waals surface area contributed by atoms with Crippen molar-refractivity contribution >= 4 is 5.57 Å². The molecule has 166 valence electrons. The Balaban J connectivity index is 0.00000106. The first-order valence-corrected chi connectivity index (χ1v) is 11.8. The van der Waals surface area contributed by atoms with Gasteiger partial charge in [0, 0.05) is 25.2 Å². The molecule has 2 nitrogen and oxygen atoms in total. The summed E-state index contributed by atoms with van der Waals surface area (Å²) < 4.78 is 28.3. The van der Waals surface area contributed by atoms with Crippen LogP contribution in [0.5, 0.6) is 0 Å². The van der Waals surface area contributed by atoms with Crippen LogP contribution in [-0.2, 0) is 0 Å². The number of halogens is 2. The number of allylic oxidation sites excluding steroid dienone is 2. The summed E-state index contributed by atoms with van der Waals surface area (Å²) in [5, 5.41) is 0. The minimum absolute atomic E-state index is 0.0903. The highest BCUT2D eigenvalue weighted by Crippen LogP contribution is 2.72. The van der Waals surface area contributed by atoms with E-state index in [4.69, 9.17) is 0 Å². The van der Waals surface area contributed by atoms with Gasteiger partial charge in [0.05, 0.1) is 0 Å². The van der Waals surface area contributed by atoms with Crippen molar-refractivity contribution in [2.24, 2.45) is 39.7 Å². The van der Waals surface area contributed by atoms with Gasteiger partial charge in [0.1, 0.15) is 0 Å². The van der Waals surface area contributed by atoms with Gasteiger partial charge in [-0.3, -0.25) is 4.98 Å². The Labute approximate surface area is 180 Å². The largest absolute Gasteiger partial charge is 0.333 e. The van der Waals surface area contributed by atoms with Crippen molar-refractivity contribution in [3.8, 4) is 0 Å². The summed E-state index contributed by atoms with van der Waals surface area (Å²) in [6, 6.07) is 4.23. The van der Waals surface area contributed by atoms with Crippen LogP contribution in [0.3, 0.4) is 0 Å². The molecule has 1 heterocycles. The topological polar surface area (TPSA) is 38.9 Å². The quantitative estimate of drug-likeness (QED) is 0.552. The molecule has 4 aliphatic rings. The predicted molar refractivity (Wildman–Crippen MR) is 119 cm³/mol. The van der Waals surface area contributed by atoms with Gasteiger partial charge in [-0.05, 0) is 96.8 Å². The highest BCUT2D eigenvalue weighted by atomic mass is 19.3. The number of nitrogens with two attached hydrogens (primary N) is 1. The van der Waals surface area contributed by atoms with Crippen molar-refractivity contribution < 1.29 is 8.78 Å². The van der Waals surface area contributed by atoms with Crippen molar-refractivity contribution in [2.75, 3.05) is 7.05 Å². The summed E-state index contributed by atoms with van der Waals surface area (Å²) in [5.74, 6) is -1.04. The third-order valence-electron chi connectivity index (χ3n) is 9.79. The molecule has 0 saturated heterocycles. The molecule has 0 aromatic carbocycles. The average molecular weight is 417 g/mol. The lowest BCUT2D eigenvalue weighted by Gasteiger charge is -2.65. The SMILES string of the molecule is CC12CCC3CC(F)(F)CC[C@]3(C)[C@H]1CC[C@]1(C)C(c3cccnc3)=CC[C@@H]21.CN. The fourth-order valence-electron chi connectivity index (χ4n) is 8.37. The molecule has 2 unspecified atom stereocenters. The number of hydrogen-bond acceptors (Lipinski definition) is 2. The highest BCUT2D eigenvalue weighted by Gasteiger charge is 2.65. The third kappa shape index (κ3) is 3.08.